The molecule has 2 N–H and O–H groups in total. The Morgan fingerprint density at radius 1 is 1.26 bits per heavy atom. The van der Waals surface area contributed by atoms with Gasteiger partial charge in [-0.25, -0.2) is 13.6 Å². The lowest BCUT2D eigenvalue weighted by Crippen LogP contribution is -2.51. The lowest BCUT2D eigenvalue weighted by atomic mass is 9.91. The highest BCUT2D eigenvalue weighted by atomic mass is 19.4. The van der Waals surface area contributed by atoms with Crippen LogP contribution in [0.4, 0.5) is 22.0 Å². The van der Waals surface area contributed by atoms with Crippen LogP contribution in [0.5, 0.6) is 0 Å². The van der Waals surface area contributed by atoms with Gasteiger partial charge in [0.1, 0.15) is 17.2 Å². The van der Waals surface area contributed by atoms with E-state index in [0.29, 0.717) is 0 Å². The fourth-order valence-electron chi connectivity index (χ4n) is 1.52. The number of carboxylic acids is 1. The predicted molar refractivity (Wildman–Crippen MR) is 55.4 cm³/mol. The summed E-state index contributed by atoms with van der Waals surface area (Å²) in [6.07, 6.45) is -4.71. The van der Waals surface area contributed by atoms with Crippen molar-refractivity contribution in [2.45, 2.75) is 18.6 Å². The van der Waals surface area contributed by atoms with E-state index < -0.39 is 41.4 Å². The van der Waals surface area contributed by atoms with Gasteiger partial charge in [-0.2, -0.15) is 13.2 Å². The highest BCUT2D eigenvalue weighted by Crippen LogP contribution is 2.28. The molecule has 0 radical (unpaired) electrons. The van der Waals surface area contributed by atoms with Crippen molar-refractivity contribution >= 4 is 5.97 Å². The van der Waals surface area contributed by atoms with Gasteiger partial charge in [-0.3, -0.25) is 5.32 Å². The van der Waals surface area contributed by atoms with Gasteiger partial charge in [0.2, 0.25) is 0 Å². The third kappa shape index (κ3) is 3.40. The summed E-state index contributed by atoms with van der Waals surface area (Å²) >= 11 is 0. The molecule has 0 bridgehead atoms. The molecule has 0 spiro atoms. The molecule has 0 heterocycles. The van der Waals surface area contributed by atoms with Crippen molar-refractivity contribution in [1.82, 2.24) is 5.32 Å². The smallest absolute Gasteiger partial charge is 0.401 e. The average molecular weight is 283 g/mol. The zero-order chi connectivity index (χ0) is 14.8. The van der Waals surface area contributed by atoms with Gasteiger partial charge in [0.25, 0.3) is 0 Å². The molecule has 19 heavy (non-hydrogen) atoms. The fraction of sp³-hybridized carbons (Fsp3) is 0.364. The number of halogens is 5. The van der Waals surface area contributed by atoms with Crippen LogP contribution in [0.1, 0.15) is 12.5 Å². The molecule has 0 aromatic heterocycles. The zero-order valence-corrected chi connectivity index (χ0v) is 9.68. The summed E-state index contributed by atoms with van der Waals surface area (Å²) in [4.78, 5) is 11.1. The highest BCUT2D eigenvalue weighted by Gasteiger charge is 2.42. The monoisotopic (exact) mass is 283 g/mol. The van der Waals surface area contributed by atoms with Crippen molar-refractivity contribution in [3.05, 3.63) is 35.4 Å². The van der Waals surface area contributed by atoms with E-state index in [2.05, 4.69) is 0 Å². The Morgan fingerprint density at radius 2 is 1.74 bits per heavy atom. The van der Waals surface area contributed by atoms with Gasteiger partial charge in [-0.15, -0.1) is 0 Å². The van der Waals surface area contributed by atoms with Crippen LogP contribution in [-0.2, 0) is 10.3 Å². The van der Waals surface area contributed by atoms with Crippen molar-refractivity contribution in [3.63, 3.8) is 0 Å². The van der Waals surface area contributed by atoms with Gasteiger partial charge in [0.15, 0.2) is 0 Å². The first-order valence-corrected chi connectivity index (χ1v) is 5.07. The second kappa shape index (κ2) is 5.12. The van der Waals surface area contributed by atoms with E-state index in [-0.39, 0.29) is 0 Å². The first-order valence-electron chi connectivity index (χ1n) is 5.07. The fourth-order valence-corrected chi connectivity index (χ4v) is 1.52. The maximum absolute atomic E-state index is 13.5. The Morgan fingerprint density at radius 3 is 2.11 bits per heavy atom. The van der Waals surface area contributed by atoms with E-state index >= 15 is 0 Å². The largest absolute Gasteiger partial charge is 0.480 e. The minimum atomic E-state index is -4.71. The summed E-state index contributed by atoms with van der Waals surface area (Å²) in [5.41, 5.74) is -3.49. The van der Waals surface area contributed by atoms with Crippen molar-refractivity contribution in [2.24, 2.45) is 0 Å². The third-order valence-electron chi connectivity index (χ3n) is 2.53. The SMILES string of the molecule is CC(NCC(F)(F)F)(C(=O)O)c1c(F)cccc1F. The van der Waals surface area contributed by atoms with Crippen molar-refractivity contribution in [3.8, 4) is 0 Å². The van der Waals surface area contributed by atoms with Crippen LogP contribution in [0.15, 0.2) is 18.2 Å². The average Bonchev–Trinajstić information content (AvgIpc) is 2.25. The van der Waals surface area contributed by atoms with E-state index in [9.17, 15) is 26.7 Å². The molecule has 0 fully saturated rings. The van der Waals surface area contributed by atoms with Crippen LogP contribution >= 0.6 is 0 Å². The first-order chi connectivity index (χ1) is 8.58. The molecule has 0 saturated heterocycles. The van der Waals surface area contributed by atoms with Gasteiger partial charge in [-0.05, 0) is 19.1 Å². The maximum atomic E-state index is 13.5. The molecule has 0 amide bonds. The number of aliphatic carboxylic acids is 1. The second-order valence-electron chi connectivity index (χ2n) is 4.00. The number of alkyl halides is 3. The number of carboxylic acid groups (broad SMARTS) is 1. The maximum Gasteiger partial charge on any atom is 0.401 e. The number of nitrogens with one attached hydrogen (secondary N) is 1. The van der Waals surface area contributed by atoms with Gasteiger partial charge < -0.3 is 5.11 Å². The van der Waals surface area contributed by atoms with E-state index in [0.717, 1.165) is 25.1 Å². The topological polar surface area (TPSA) is 49.3 Å². The zero-order valence-electron chi connectivity index (χ0n) is 9.68. The number of carbonyl (C=O) groups is 1. The Kier molecular flexibility index (Phi) is 4.14. The molecule has 1 atom stereocenters. The van der Waals surface area contributed by atoms with Crippen LogP contribution in [0.25, 0.3) is 0 Å². The van der Waals surface area contributed by atoms with E-state index in [1.54, 1.807) is 5.32 Å². The summed E-state index contributed by atoms with van der Waals surface area (Å²) in [7, 11) is 0. The number of rotatable bonds is 4. The summed E-state index contributed by atoms with van der Waals surface area (Å²) in [5.74, 6) is -4.29. The highest BCUT2D eigenvalue weighted by molar-refractivity contribution is 5.80. The molecule has 1 aromatic carbocycles. The van der Waals surface area contributed by atoms with E-state index in [1.165, 1.54) is 0 Å². The van der Waals surface area contributed by atoms with Gasteiger partial charge in [0, 0.05) is 0 Å². The Hall–Kier alpha value is -1.70. The normalized spacial score (nSPS) is 15.1. The minimum Gasteiger partial charge on any atom is -0.480 e. The van der Waals surface area contributed by atoms with Crippen molar-refractivity contribution in [1.29, 1.82) is 0 Å². The molecule has 1 unspecified atom stereocenters. The standard InChI is InChI=1S/C11H10F5NO2/c1-10(9(18)19,17-5-11(14,15)16)8-6(12)3-2-4-7(8)13/h2-4,17H,5H2,1H3,(H,18,19). The second-order valence-corrected chi connectivity index (χ2v) is 4.00. The van der Waals surface area contributed by atoms with Crippen LogP contribution in [0, 0.1) is 11.6 Å². The number of benzene rings is 1. The molecule has 8 heteroatoms. The molecule has 0 saturated carbocycles. The quantitative estimate of drug-likeness (QED) is 0.834. The lowest BCUT2D eigenvalue weighted by molar-refractivity contribution is -0.150. The molecule has 0 aliphatic carbocycles. The summed E-state index contributed by atoms with van der Waals surface area (Å²) in [6.45, 7) is -0.924. The van der Waals surface area contributed by atoms with Crippen LogP contribution in [0.3, 0.4) is 0 Å². The van der Waals surface area contributed by atoms with Gasteiger partial charge in [0.05, 0.1) is 12.1 Å². The predicted octanol–water partition coefficient (Wildman–Crippen LogP) is 2.42. The summed E-state index contributed by atoms with van der Waals surface area (Å²) < 4.78 is 63.4. The summed E-state index contributed by atoms with van der Waals surface area (Å²) in [6, 6.07) is 2.53. The number of hydrogen-bond donors (Lipinski definition) is 2. The third-order valence-corrected chi connectivity index (χ3v) is 2.53. The number of hydrogen-bond acceptors (Lipinski definition) is 2. The molecular formula is C11H10F5NO2. The van der Waals surface area contributed by atoms with Gasteiger partial charge >= 0.3 is 12.1 Å². The lowest BCUT2D eigenvalue weighted by Gasteiger charge is -2.28. The van der Waals surface area contributed by atoms with Crippen LogP contribution < -0.4 is 5.32 Å². The Balaban J connectivity index is 3.23. The molecule has 1 rings (SSSR count). The summed E-state index contributed by atoms with van der Waals surface area (Å²) in [5, 5.41) is 10.6. The Bertz CT molecular complexity index is 468. The van der Waals surface area contributed by atoms with Crippen molar-refractivity contribution < 1.29 is 31.9 Å². The van der Waals surface area contributed by atoms with Crippen LogP contribution in [-0.4, -0.2) is 23.8 Å². The van der Waals surface area contributed by atoms with Crippen molar-refractivity contribution in [2.75, 3.05) is 6.54 Å². The molecule has 3 nitrogen and oxygen atoms in total. The first kappa shape index (κ1) is 15.4. The van der Waals surface area contributed by atoms with E-state index in [1.807, 2.05) is 0 Å². The van der Waals surface area contributed by atoms with Crippen LogP contribution in [0.2, 0.25) is 0 Å². The molecule has 106 valence electrons. The molecule has 1 aromatic rings. The molecular weight excluding hydrogens is 273 g/mol. The minimum absolute atomic E-state index is 0.766. The van der Waals surface area contributed by atoms with E-state index in [4.69, 9.17) is 5.11 Å². The molecule has 0 aliphatic rings. The molecule has 0 aliphatic heterocycles. The Labute approximate surface area is 105 Å². The van der Waals surface area contributed by atoms with Gasteiger partial charge in [-0.1, -0.05) is 6.07 Å².